The maximum Gasteiger partial charge on any atom is 0.119 e. The highest BCUT2D eigenvalue weighted by atomic mass is 16.5. The Labute approximate surface area is 110 Å². The third kappa shape index (κ3) is 2.14. The molecule has 3 unspecified atom stereocenters. The Bertz CT molecular complexity index is 388. The van der Waals surface area contributed by atoms with Crippen LogP contribution in [0.4, 0.5) is 0 Å². The predicted molar refractivity (Wildman–Crippen MR) is 73.5 cm³/mol. The molecule has 18 heavy (non-hydrogen) atoms. The normalized spacial score (nSPS) is 31.6. The second-order valence-corrected chi connectivity index (χ2v) is 5.72. The van der Waals surface area contributed by atoms with Crippen molar-refractivity contribution in [2.75, 3.05) is 6.61 Å². The van der Waals surface area contributed by atoms with E-state index >= 15 is 0 Å². The summed E-state index contributed by atoms with van der Waals surface area (Å²) in [4.78, 5) is 0. The summed E-state index contributed by atoms with van der Waals surface area (Å²) in [5.74, 6) is 3.52. The van der Waals surface area contributed by atoms with E-state index in [4.69, 9.17) is 10.5 Å². The highest BCUT2D eigenvalue weighted by molar-refractivity contribution is 5.30. The molecule has 0 saturated heterocycles. The van der Waals surface area contributed by atoms with Crippen LogP contribution in [0.1, 0.15) is 44.2 Å². The summed E-state index contributed by atoms with van der Waals surface area (Å²) in [6, 6.07) is 8.60. The molecule has 2 saturated carbocycles. The van der Waals surface area contributed by atoms with E-state index in [1.54, 1.807) is 0 Å². The molecular weight excluding hydrogens is 222 g/mol. The van der Waals surface area contributed by atoms with Crippen LogP contribution in [0.25, 0.3) is 0 Å². The molecule has 0 bridgehead atoms. The molecule has 2 fully saturated rings. The van der Waals surface area contributed by atoms with Crippen LogP contribution < -0.4 is 10.5 Å². The van der Waals surface area contributed by atoms with Crippen LogP contribution in [0.15, 0.2) is 24.3 Å². The SMILES string of the molecule is CCOc1ccc(C(N)C2C3CCCCC32)cc1. The number of nitrogens with two attached hydrogens (primary N) is 1. The first kappa shape index (κ1) is 12.0. The van der Waals surface area contributed by atoms with Crippen LogP contribution in [0.2, 0.25) is 0 Å². The molecule has 0 heterocycles. The summed E-state index contributed by atoms with van der Waals surface area (Å²) < 4.78 is 5.47. The molecular formula is C16H23NO. The van der Waals surface area contributed by atoms with E-state index in [9.17, 15) is 0 Å². The lowest BCUT2D eigenvalue weighted by molar-refractivity contribution is 0.340. The molecule has 2 aliphatic rings. The number of rotatable bonds is 4. The predicted octanol–water partition coefficient (Wildman–Crippen LogP) is 3.52. The van der Waals surface area contributed by atoms with Gasteiger partial charge < -0.3 is 10.5 Å². The highest BCUT2D eigenvalue weighted by Crippen LogP contribution is 2.59. The molecule has 0 amide bonds. The minimum atomic E-state index is 0.230. The summed E-state index contributed by atoms with van der Waals surface area (Å²) in [5, 5.41) is 0. The van der Waals surface area contributed by atoms with Crippen molar-refractivity contribution in [1.82, 2.24) is 0 Å². The Morgan fingerprint density at radius 2 is 1.78 bits per heavy atom. The van der Waals surface area contributed by atoms with Crippen LogP contribution in [0, 0.1) is 17.8 Å². The zero-order chi connectivity index (χ0) is 12.5. The molecule has 1 aromatic carbocycles. The number of hydrogen-bond donors (Lipinski definition) is 1. The standard InChI is InChI=1S/C16H23NO/c1-2-18-12-9-7-11(8-10-12)16(17)15-13-5-3-4-6-14(13)15/h7-10,13-16H,2-6,17H2,1H3. The van der Waals surface area contributed by atoms with Gasteiger partial charge in [0.2, 0.25) is 0 Å². The topological polar surface area (TPSA) is 35.2 Å². The monoisotopic (exact) mass is 245 g/mol. The minimum Gasteiger partial charge on any atom is -0.494 e. The first-order valence-corrected chi connectivity index (χ1v) is 7.29. The van der Waals surface area contributed by atoms with Gasteiger partial charge >= 0.3 is 0 Å². The Morgan fingerprint density at radius 1 is 1.17 bits per heavy atom. The van der Waals surface area contributed by atoms with Gasteiger partial charge in [-0.2, -0.15) is 0 Å². The fourth-order valence-corrected chi connectivity index (χ4v) is 3.76. The molecule has 1 aromatic rings. The van der Waals surface area contributed by atoms with Gasteiger partial charge in [-0.1, -0.05) is 25.0 Å². The molecule has 2 heteroatoms. The lowest BCUT2D eigenvalue weighted by Crippen LogP contribution is -2.14. The second kappa shape index (κ2) is 4.93. The van der Waals surface area contributed by atoms with Crippen LogP contribution in [0.5, 0.6) is 5.75 Å². The minimum absolute atomic E-state index is 0.230. The molecule has 0 aliphatic heterocycles. The number of ether oxygens (including phenoxy) is 1. The van der Waals surface area contributed by atoms with Gasteiger partial charge in [0.05, 0.1) is 6.61 Å². The molecule has 2 aliphatic carbocycles. The van der Waals surface area contributed by atoms with E-state index in [1.807, 2.05) is 19.1 Å². The molecule has 0 aromatic heterocycles. The van der Waals surface area contributed by atoms with Crippen molar-refractivity contribution in [3.8, 4) is 5.75 Å². The average molecular weight is 245 g/mol. The fourth-order valence-electron chi connectivity index (χ4n) is 3.76. The number of benzene rings is 1. The van der Waals surface area contributed by atoms with Gasteiger partial charge in [0.1, 0.15) is 5.75 Å². The van der Waals surface area contributed by atoms with Crippen LogP contribution in [0.3, 0.4) is 0 Å². The van der Waals surface area contributed by atoms with Crippen LogP contribution in [-0.2, 0) is 0 Å². The Balaban J connectivity index is 1.67. The van der Waals surface area contributed by atoms with Crippen molar-refractivity contribution in [2.45, 2.75) is 38.6 Å². The largest absolute Gasteiger partial charge is 0.494 e. The first-order valence-electron chi connectivity index (χ1n) is 7.29. The van der Waals surface area contributed by atoms with E-state index in [0.717, 1.165) is 30.1 Å². The van der Waals surface area contributed by atoms with E-state index < -0.39 is 0 Å². The third-order valence-corrected chi connectivity index (χ3v) is 4.71. The summed E-state index contributed by atoms with van der Waals surface area (Å²) >= 11 is 0. The van der Waals surface area contributed by atoms with Crippen molar-refractivity contribution in [3.63, 3.8) is 0 Å². The quantitative estimate of drug-likeness (QED) is 0.881. The molecule has 98 valence electrons. The number of fused-ring (bicyclic) bond motifs is 1. The van der Waals surface area contributed by atoms with Crippen LogP contribution in [-0.4, -0.2) is 6.61 Å². The van der Waals surface area contributed by atoms with Gasteiger partial charge in [-0.3, -0.25) is 0 Å². The van der Waals surface area contributed by atoms with E-state index in [0.29, 0.717) is 0 Å². The lowest BCUT2D eigenvalue weighted by Gasteiger charge is -2.13. The highest BCUT2D eigenvalue weighted by Gasteiger charge is 2.53. The van der Waals surface area contributed by atoms with Gasteiger partial charge in [0.25, 0.3) is 0 Å². The van der Waals surface area contributed by atoms with Gasteiger partial charge in [-0.15, -0.1) is 0 Å². The third-order valence-electron chi connectivity index (χ3n) is 4.71. The van der Waals surface area contributed by atoms with Crippen molar-refractivity contribution < 1.29 is 4.74 Å². The molecule has 3 atom stereocenters. The molecule has 0 radical (unpaired) electrons. The first-order chi connectivity index (χ1) is 8.81. The molecule has 2 N–H and O–H groups in total. The Kier molecular flexibility index (Phi) is 3.29. The zero-order valence-corrected chi connectivity index (χ0v) is 11.1. The van der Waals surface area contributed by atoms with Gasteiger partial charge in [-0.05, 0) is 55.2 Å². The summed E-state index contributed by atoms with van der Waals surface area (Å²) in [7, 11) is 0. The second-order valence-electron chi connectivity index (χ2n) is 5.72. The van der Waals surface area contributed by atoms with Crippen molar-refractivity contribution >= 4 is 0 Å². The van der Waals surface area contributed by atoms with Crippen molar-refractivity contribution in [1.29, 1.82) is 0 Å². The average Bonchev–Trinajstić information content (AvgIpc) is 3.13. The number of hydrogen-bond acceptors (Lipinski definition) is 2. The summed E-state index contributed by atoms with van der Waals surface area (Å²) in [6.07, 6.45) is 5.63. The summed E-state index contributed by atoms with van der Waals surface area (Å²) in [5.41, 5.74) is 7.72. The lowest BCUT2D eigenvalue weighted by atomic mass is 10.0. The molecule has 0 spiro atoms. The van der Waals surface area contributed by atoms with Gasteiger partial charge in [-0.25, -0.2) is 0 Å². The fraction of sp³-hybridized carbons (Fsp3) is 0.625. The maximum atomic E-state index is 6.44. The van der Waals surface area contributed by atoms with E-state index in [-0.39, 0.29) is 6.04 Å². The van der Waals surface area contributed by atoms with Gasteiger partial charge in [0.15, 0.2) is 0 Å². The molecule has 3 rings (SSSR count). The maximum absolute atomic E-state index is 6.44. The van der Waals surface area contributed by atoms with Crippen molar-refractivity contribution in [2.24, 2.45) is 23.5 Å². The van der Waals surface area contributed by atoms with Crippen LogP contribution >= 0.6 is 0 Å². The Hall–Kier alpha value is -1.02. The van der Waals surface area contributed by atoms with E-state index in [1.165, 1.54) is 31.2 Å². The zero-order valence-electron chi connectivity index (χ0n) is 11.1. The van der Waals surface area contributed by atoms with Gasteiger partial charge in [0, 0.05) is 6.04 Å². The smallest absolute Gasteiger partial charge is 0.119 e. The van der Waals surface area contributed by atoms with Crippen molar-refractivity contribution in [3.05, 3.63) is 29.8 Å². The molecule has 2 nitrogen and oxygen atoms in total. The van der Waals surface area contributed by atoms with E-state index in [2.05, 4.69) is 12.1 Å². The summed E-state index contributed by atoms with van der Waals surface area (Å²) in [6.45, 7) is 2.73. The Morgan fingerprint density at radius 3 is 2.33 bits per heavy atom.